The number of benzene rings is 2. The molecule has 0 fully saturated rings. The highest BCUT2D eigenvalue weighted by molar-refractivity contribution is 6.21. The van der Waals surface area contributed by atoms with E-state index < -0.39 is 23.4 Å². The molecular formula is C21H15NO7. The normalized spacial score (nSPS) is 12.9. The first kappa shape index (κ1) is 18.4. The highest BCUT2D eigenvalue weighted by atomic mass is 16.5. The number of nitrogens with zero attached hydrogens (tertiary/aromatic N) is 1. The van der Waals surface area contributed by atoms with E-state index in [2.05, 4.69) is 0 Å². The highest BCUT2D eigenvalue weighted by Crippen LogP contribution is 2.24. The molecule has 0 unspecified atom stereocenters. The molecule has 3 aromatic rings. The number of carbonyl (C=O) groups excluding carboxylic acids is 3. The van der Waals surface area contributed by atoms with Crippen molar-refractivity contribution in [3.05, 3.63) is 75.6 Å². The van der Waals surface area contributed by atoms with E-state index in [4.69, 9.17) is 13.9 Å². The van der Waals surface area contributed by atoms with Gasteiger partial charge in [-0.05, 0) is 37.3 Å². The molecule has 2 aromatic carbocycles. The lowest BCUT2D eigenvalue weighted by molar-refractivity contribution is 0.0510. The predicted molar refractivity (Wildman–Crippen MR) is 101 cm³/mol. The molecule has 0 bridgehead atoms. The summed E-state index contributed by atoms with van der Waals surface area (Å²) in [6, 6.07) is 12.5. The Morgan fingerprint density at radius 2 is 1.69 bits per heavy atom. The standard InChI is InChI=1S/C21H15NO7/c1-2-27-20(25)16-9-12-7-8-13(10-17(12)29-21(16)26)28-11-22-18(23)14-5-3-4-6-15(14)19(22)24/h3-10H,2,11H2,1H3. The first-order chi connectivity index (χ1) is 14.0. The van der Waals surface area contributed by atoms with Crippen LogP contribution in [0.4, 0.5) is 0 Å². The van der Waals surface area contributed by atoms with Crippen LogP contribution in [0, 0.1) is 0 Å². The summed E-state index contributed by atoms with van der Waals surface area (Å²) in [5, 5.41) is 0.501. The summed E-state index contributed by atoms with van der Waals surface area (Å²) in [5.74, 6) is -1.33. The van der Waals surface area contributed by atoms with Crippen LogP contribution in [-0.2, 0) is 4.74 Å². The summed E-state index contributed by atoms with van der Waals surface area (Å²) in [7, 11) is 0. The molecule has 4 rings (SSSR count). The number of carbonyl (C=O) groups is 3. The van der Waals surface area contributed by atoms with Crippen LogP contribution in [0.15, 0.2) is 57.7 Å². The Bertz CT molecular complexity index is 1180. The van der Waals surface area contributed by atoms with Gasteiger partial charge in [-0.3, -0.25) is 9.59 Å². The zero-order valence-electron chi connectivity index (χ0n) is 15.3. The van der Waals surface area contributed by atoms with Crippen molar-refractivity contribution in [2.45, 2.75) is 6.92 Å². The SMILES string of the molecule is CCOC(=O)c1cc2ccc(OCN3C(=O)c4ccccc4C3=O)cc2oc1=O. The van der Waals surface area contributed by atoms with Gasteiger partial charge in [-0.25, -0.2) is 14.5 Å². The van der Waals surface area contributed by atoms with Crippen LogP contribution in [0.1, 0.15) is 38.0 Å². The zero-order chi connectivity index (χ0) is 20.5. The second-order valence-corrected chi connectivity index (χ2v) is 6.22. The van der Waals surface area contributed by atoms with E-state index in [0.717, 1.165) is 4.90 Å². The van der Waals surface area contributed by atoms with Gasteiger partial charge in [-0.2, -0.15) is 0 Å². The number of rotatable bonds is 5. The molecule has 8 nitrogen and oxygen atoms in total. The molecule has 0 radical (unpaired) electrons. The number of amides is 2. The molecule has 2 heterocycles. The summed E-state index contributed by atoms with van der Waals surface area (Å²) in [4.78, 5) is 49.6. The lowest BCUT2D eigenvalue weighted by Gasteiger charge is -2.15. The van der Waals surface area contributed by atoms with Crippen molar-refractivity contribution in [1.82, 2.24) is 4.90 Å². The Kier molecular flexibility index (Phi) is 4.59. The minimum Gasteiger partial charge on any atom is -0.472 e. The van der Waals surface area contributed by atoms with Gasteiger partial charge in [0.15, 0.2) is 6.73 Å². The zero-order valence-corrected chi connectivity index (χ0v) is 15.3. The first-order valence-electron chi connectivity index (χ1n) is 8.82. The molecule has 0 N–H and O–H groups in total. The number of imide groups is 1. The summed E-state index contributed by atoms with van der Waals surface area (Å²) in [5.41, 5.74) is -0.162. The minimum absolute atomic E-state index is 0.140. The van der Waals surface area contributed by atoms with Gasteiger partial charge in [-0.15, -0.1) is 0 Å². The third-order valence-electron chi connectivity index (χ3n) is 4.44. The van der Waals surface area contributed by atoms with E-state index in [-0.39, 0.29) is 24.5 Å². The van der Waals surface area contributed by atoms with Gasteiger partial charge in [-0.1, -0.05) is 12.1 Å². The minimum atomic E-state index is -0.826. The van der Waals surface area contributed by atoms with Crippen LogP contribution < -0.4 is 10.4 Å². The van der Waals surface area contributed by atoms with Gasteiger partial charge in [0, 0.05) is 11.5 Å². The lowest BCUT2D eigenvalue weighted by atomic mass is 10.1. The number of esters is 1. The predicted octanol–water partition coefficient (Wildman–Crippen LogP) is 2.60. The fourth-order valence-electron chi connectivity index (χ4n) is 3.03. The molecule has 1 aromatic heterocycles. The van der Waals surface area contributed by atoms with Gasteiger partial charge in [0.05, 0.1) is 17.7 Å². The van der Waals surface area contributed by atoms with Crippen molar-refractivity contribution in [3.63, 3.8) is 0 Å². The molecule has 8 heteroatoms. The van der Waals surface area contributed by atoms with Gasteiger partial charge in [0.1, 0.15) is 16.9 Å². The molecule has 1 aliphatic rings. The summed E-state index contributed by atoms with van der Waals surface area (Å²) in [6.07, 6.45) is 0. The molecule has 29 heavy (non-hydrogen) atoms. The van der Waals surface area contributed by atoms with Crippen LogP contribution in [0.5, 0.6) is 5.75 Å². The van der Waals surface area contributed by atoms with Gasteiger partial charge < -0.3 is 13.9 Å². The molecule has 0 aliphatic carbocycles. The third kappa shape index (κ3) is 3.25. The Balaban J connectivity index is 1.55. The molecular weight excluding hydrogens is 378 g/mol. The molecule has 0 spiro atoms. The number of ether oxygens (including phenoxy) is 2. The lowest BCUT2D eigenvalue weighted by Crippen LogP contribution is -2.33. The topological polar surface area (TPSA) is 103 Å². The van der Waals surface area contributed by atoms with Gasteiger partial charge in [0.2, 0.25) is 0 Å². The van der Waals surface area contributed by atoms with Crippen LogP contribution in [0.25, 0.3) is 11.0 Å². The van der Waals surface area contributed by atoms with Crippen molar-refractivity contribution in [2.24, 2.45) is 0 Å². The monoisotopic (exact) mass is 393 g/mol. The van der Waals surface area contributed by atoms with E-state index in [9.17, 15) is 19.2 Å². The third-order valence-corrected chi connectivity index (χ3v) is 4.44. The van der Waals surface area contributed by atoms with Crippen molar-refractivity contribution in [2.75, 3.05) is 13.3 Å². The van der Waals surface area contributed by atoms with Crippen molar-refractivity contribution < 1.29 is 28.3 Å². The second-order valence-electron chi connectivity index (χ2n) is 6.22. The Hall–Kier alpha value is -3.94. The van der Waals surface area contributed by atoms with E-state index in [0.29, 0.717) is 22.3 Å². The average Bonchev–Trinajstić information content (AvgIpc) is 2.96. The number of hydrogen-bond donors (Lipinski definition) is 0. The fourth-order valence-corrected chi connectivity index (χ4v) is 3.03. The highest BCUT2D eigenvalue weighted by Gasteiger charge is 2.35. The Labute approximate surface area is 164 Å². The molecule has 0 saturated heterocycles. The second kappa shape index (κ2) is 7.23. The van der Waals surface area contributed by atoms with E-state index in [1.54, 1.807) is 43.3 Å². The number of hydrogen-bond acceptors (Lipinski definition) is 7. The Morgan fingerprint density at radius 1 is 1.00 bits per heavy atom. The van der Waals surface area contributed by atoms with E-state index in [1.165, 1.54) is 12.1 Å². The fraction of sp³-hybridized carbons (Fsp3) is 0.143. The smallest absolute Gasteiger partial charge is 0.351 e. The molecule has 2 amide bonds. The summed E-state index contributed by atoms with van der Waals surface area (Å²) in [6.45, 7) is 1.49. The molecule has 0 atom stereocenters. The Morgan fingerprint density at radius 3 is 2.34 bits per heavy atom. The average molecular weight is 393 g/mol. The van der Waals surface area contributed by atoms with Crippen LogP contribution in [0.3, 0.4) is 0 Å². The number of fused-ring (bicyclic) bond motifs is 2. The summed E-state index contributed by atoms with van der Waals surface area (Å²) >= 11 is 0. The molecule has 0 saturated carbocycles. The molecule has 146 valence electrons. The van der Waals surface area contributed by atoms with Gasteiger partial charge >= 0.3 is 11.6 Å². The van der Waals surface area contributed by atoms with E-state index >= 15 is 0 Å². The van der Waals surface area contributed by atoms with Crippen molar-refractivity contribution in [1.29, 1.82) is 0 Å². The summed E-state index contributed by atoms with van der Waals surface area (Å²) < 4.78 is 15.6. The maximum Gasteiger partial charge on any atom is 0.351 e. The van der Waals surface area contributed by atoms with Crippen molar-refractivity contribution in [3.8, 4) is 5.75 Å². The maximum absolute atomic E-state index is 12.4. The molecule has 1 aliphatic heterocycles. The van der Waals surface area contributed by atoms with Crippen LogP contribution in [0.2, 0.25) is 0 Å². The maximum atomic E-state index is 12.4. The van der Waals surface area contributed by atoms with Crippen LogP contribution >= 0.6 is 0 Å². The van der Waals surface area contributed by atoms with Gasteiger partial charge in [0.25, 0.3) is 11.8 Å². The van der Waals surface area contributed by atoms with E-state index in [1.807, 2.05) is 0 Å². The van der Waals surface area contributed by atoms with Crippen LogP contribution in [-0.4, -0.2) is 36.0 Å². The first-order valence-corrected chi connectivity index (χ1v) is 8.82. The largest absolute Gasteiger partial charge is 0.472 e. The quantitative estimate of drug-likeness (QED) is 0.373. The van der Waals surface area contributed by atoms with Crippen molar-refractivity contribution >= 4 is 28.8 Å².